The number of carbonyl (C=O) groups is 1. The fourth-order valence-corrected chi connectivity index (χ4v) is 2.38. The lowest BCUT2D eigenvalue weighted by molar-refractivity contribution is 0.0991. The van der Waals surface area contributed by atoms with Crippen molar-refractivity contribution >= 4 is 11.6 Å². The number of ether oxygens (including phenoxy) is 1. The van der Waals surface area contributed by atoms with Crippen molar-refractivity contribution in [3.8, 4) is 5.75 Å². The first kappa shape index (κ1) is 16.6. The summed E-state index contributed by atoms with van der Waals surface area (Å²) in [6, 6.07) is 7.92. The third-order valence-corrected chi connectivity index (χ3v) is 3.55. The van der Waals surface area contributed by atoms with Crippen LogP contribution in [0.25, 0.3) is 5.78 Å². The molecule has 8 nitrogen and oxygen atoms in total. The van der Waals surface area contributed by atoms with Gasteiger partial charge in [0, 0.05) is 17.3 Å². The molecule has 0 aliphatic rings. The first-order valence-electron chi connectivity index (χ1n) is 7.74. The van der Waals surface area contributed by atoms with Gasteiger partial charge in [-0.1, -0.05) is 0 Å². The van der Waals surface area contributed by atoms with Crippen LogP contribution in [0.5, 0.6) is 5.75 Å². The van der Waals surface area contributed by atoms with Gasteiger partial charge < -0.3 is 4.74 Å². The highest BCUT2D eigenvalue weighted by Crippen LogP contribution is 2.13. The lowest BCUT2D eigenvalue weighted by Crippen LogP contribution is -2.28. The maximum absolute atomic E-state index is 12.4. The Morgan fingerprint density at radius 3 is 2.64 bits per heavy atom. The topological polar surface area (TPSA) is 106 Å². The molecule has 0 radical (unpaired) electrons. The summed E-state index contributed by atoms with van der Waals surface area (Å²) >= 11 is 0. The monoisotopic (exact) mass is 340 g/mol. The fourth-order valence-electron chi connectivity index (χ4n) is 2.38. The van der Waals surface area contributed by atoms with E-state index in [0.29, 0.717) is 23.6 Å². The zero-order valence-electron chi connectivity index (χ0n) is 13.8. The van der Waals surface area contributed by atoms with Gasteiger partial charge in [-0.15, -0.1) is 0 Å². The molecule has 0 saturated carbocycles. The molecule has 8 heteroatoms. The first-order valence-corrected chi connectivity index (χ1v) is 7.74. The smallest absolute Gasteiger partial charge is 0.275 e. The van der Waals surface area contributed by atoms with E-state index in [0.717, 1.165) is 4.52 Å². The number of hydrogen-bond acceptors (Lipinski definition) is 6. The van der Waals surface area contributed by atoms with E-state index in [1.807, 2.05) is 6.92 Å². The molecule has 0 spiro atoms. The van der Waals surface area contributed by atoms with E-state index in [-0.39, 0.29) is 23.7 Å². The molecule has 1 aromatic carbocycles. The summed E-state index contributed by atoms with van der Waals surface area (Å²) < 4.78 is 6.31. The van der Waals surface area contributed by atoms with E-state index in [1.54, 1.807) is 31.2 Å². The van der Waals surface area contributed by atoms with Gasteiger partial charge in [0.15, 0.2) is 5.78 Å². The van der Waals surface area contributed by atoms with Crippen molar-refractivity contribution in [2.45, 2.75) is 20.3 Å². The lowest BCUT2D eigenvalue weighted by atomic mass is 10.1. The van der Waals surface area contributed by atoms with Gasteiger partial charge in [-0.2, -0.15) is 9.61 Å². The number of benzene rings is 1. The van der Waals surface area contributed by atoms with Crippen molar-refractivity contribution in [2.24, 2.45) is 0 Å². The standard InChI is InChI=1S/C17H16N4O4/c1-3-25-12-6-4-11(5-7-12)14(22)9-13-16(24)19-17-18-10(2)8-15(23)21(17)20-13/h4-8H,3,9H2,1-2H3,(H,18,19,24). The summed E-state index contributed by atoms with van der Waals surface area (Å²) in [5.41, 5.74) is -0.107. The van der Waals surface area contributed by atoms with Gasteiger partial charge in [0.05, 0.1) is 13.0 Å². The molecule has 0 unspecified atom stereocenters. The SMILES string of the molecule is CCOc1ccc(C(=O)Cc2nn3c(=O)cc(C)nc3[nH]c2=O)cc1. The number of hydrogen-bond donors (Lipinski definition) is 1. The minimum atomic E-state index is -0.545. The molecule has 1 N–H and O–H groups in total. The maximum atomic E-state index is 12.4. The van der Waals surface area contributed by atoms with Crippen molar-refractivity contribution in [3.05, 3.63) is 68.0 Å². The number of rotatable bonds is 5. The Morgan fingerprint density at radius 2 is 1.96 bits per heavy atom. The van der Waals surface area contributed by atoms with E-state index in [4.69, 9.17) is 4.74 Å². The van der Waals surface area contributed by atoms with Crippen molar-refractivity contribution in [3.63, 3.8) is 0 Å². The van der Waals surface area contributed by atoms with Crippen molar-refractivity contribution in [2.75, 3.05) is 6.61 Å². The predicted molar refractivity (Wildman–Crippen MR) is 90.3 cm³/mol. The van der Waals surface area contributed by atoms with E-state index < -0.39 is 11.1 Å². The molecule has 0 atom stereocenters. The Balaban J connectivity index is 1.91. The highest BCUT2D eigenvalue weighted by molar-refractivity contribution is 5.97. The molecule has 2 heterocycles. The van der Waals surface area contributed by atoms with Gasteiger partial charge in [0.2, 0.25) is 5.78 Å². The molecular weight excluding hydrogens is 324 g/mol. The lowest BCUT2D eigenvalue weighted by Gasteiger charge is -2.05. The van der Waals surface area contributed by atoms with Gasteiger partial charge in [-0.3, -0.25) is 19.4 Å². The van der Waals surface area contributed by atoms with E-state index in [9.17, 15) is 14.4 Å². The summed E-state index contributed by atoms with van der Waals surface area (Å²) in [6.07, 6.45) is -0.223. The van der Waals surface area contributed by atoms with Crippen LogP contribution in [-0.2, 0) is 6.42 Å². The fraction of sp³-hybridized carbons (Fsp3) is 0.235. The largest absolute Gasteiger partial charge is 0.494 e. The molecule has 0 amide bonds. The third-order valence-electron chi connectivity index (χ3n) is 3.55. The molecule has 25 heavy (non-hydrogen) atoms. The Kier molecular flexibility index (Phi) is 4.42. The number of aryl methyl sites for hydroxylation is 1. The van der Waals surface area contributed by atoms with Crippen LogP contribution in [0.15, 0.2) is 39.9 Å². The Morgan fingerprint density at radius 1 is 1.24 bits per heavy atom. The van der Waals surface area contributed by atoms with Crippen LogP contribution in [0.4, 0.5) is 0 Å². The summed E-state index contributed by atoms with van der Waals surface area (Å²) in [5.74, 6) is 0.425. The van der Waals surface area contributed by atoms with E-state index in [1.165, 1.54) is 6.07 Å². The zero-order chi connectivity index (χ0) is 18.0. The predicted octanol–water partition coefficient (Wildman–Crippen LogP) is 0.910. The summed E-state index contributed by atoms with van der Waals surface area (Å²) in [4.78, 5) is 43.0. The van der Waals surface area contributed by atoms with Crippen molar-refractivity contribution in [1.29, 1.82) is 0 Å². The Hall–Kier alpha value is -3.29. The van der Waals surface area contributed by atoms with Crippen LogP contribution in [0.2, 0.25) is 0 Å². The van der Waals surface area contributed by atoms with Gasteiger partial charge >= 0.3 is 0 Å². The van der Waals surface area contributed by atoms with Crippen LogP contribution in [-0.4, -0.2) is 32.0 Å². The Bertz CT molecular complexity index is 1050. The number of ketones is 1. The molecule has 0 aliphatic heterocycles. The Labute approximate surface area is 142 Å². The second kappa shape index (κ2) is 6.68. The molecule has 0 fully saturated rings. The van der Waals surface area contributed by atoms with Gasteiger partial charge in [0.1, 0.15) is 11.4 Å². The van der Waals surface area contributed by atoms with E-state index in [2.05, 4.69) is 15.1 Å². The molecule has 128 valence electrons. The minimum absolute atomic E-state index is 0.0425. The number of aromatic nitrogens is 4. The van der Waals surface area contributed by atoms with Crippen molar-refractivity contribution < 1.29 is 9.53 Å². The molecule has 0 bridgehead atoms. The number of H-pyrrole nitrogens is 1. The molecule has 0 aliphatic carbocycles. The molecule has 0 saturated heterocycles. The molecule has 2 aromatic heterocycles. The zero-order valence-corrected chi connectivity index (χ0v) is 13.8. The average Bonchev–Trinajstić information content (AvgIpc) is 2.57. The highest BCUT2D eigenvalue weighted by atomic mass is 16.5. The number of fused-ring (bicyclic) bond motifs is 1. The number of Topliss-reactive ketones (excluding diaryl/α,β-unsaturated/α-hetero) is 1. The summed E-state index contributed by atoms with van der Waals surface area (Å²) in [5, 5.41) is 3.98. The summed E-state index contributed by atoms with van der Waals surface area (Å²) in [7, 11) is 0. The van der Waals surface area contributed by atoms with Crippen LogP contribution in [0.3, 0.4) is 0 Å². The summed E-state index contributed by atoms with van der Waals surface area (Å²) in [6.45, 7) is 4.05. The van der Waals surface area contributed by atoms with E-state index >= 15 is 0 Å². The molecule has 3 aromatic rings. The van der Waals surface area contributed by atoms with Gasteiger partial charge in [0.25, 0.3) is 11.1 Å². The van der Waals surface area contributed by atoms with Gasteiger partial charge in [-0.25, -0.2) is 4.98 Å². The quantitative estimate of drug-likeness (QED) is 0.692. The number of nitrogens with zero attached hydrogens (tertiary/aromatic N) is 3. The first-order chi connectivity index (χ1) is 12.0. The van der Waals surface area contributed by atoms with Crippen LogP contribution < -0.4 is 15.9 Å². The third kappa shape index (κ3) is 3.47. The number of nitrogens with one attached hydrogen (secondary N) is 1. The van der Waals surface area contributed by atoms with Crippen LogP contribution >= 0.6 is 0 Å². The minimum Gasteiger partial charge on any atom is -0.494 e. The average molecular weight is 340 g/mol. The second-order valence-corrected chi connectivity index (χ2v) is 5.43. The maximum Gasteiger partial charge on any atom is 0.275 e. The number of aromatic amines is 1. The van der Waals surface area contributed by atoms with Crippen LogP contribution in [0.1, 0.15) is 28.7 Å². The molecular formula is C17H16N4O4. The second-order valence-electron chi connectivity index (χ2n) is 5.43. The molecule has 3 rings (SSSR count). The van der Waals surface area contributed by atoms with Gasteiger partial charge in [-0.05, 0) is 38.1 Å². The van der Waals surface area contributed by atoms with Crippen LogP contribution in [0, 0.1) is 6.92 Å². The normalized spacial score (nSPS) is 10.8. The number of carbonyl (C=O) groups excluding carboxylic acids is 1. The van der Waals surface area contributed by atoms with Crippen molar-refractivity contribution in [1.82, 2.24) is 19.6 Å². The highest BCUT2D eigenvalue weighted by Gasteiger charge is 2.14.